The molecule has 0 N–H and O–H groups in total. The van der Waals surface area contributed by atoms with Crippen molar-refractivity contribution in [3.8, 4) is 0 Å². The van der Waals surface area contributed by atoms with Crippen molar-refractivity contribution in [3.05, 3.63) is 11.9 Å². The Kier molecular flexibility index (Phi) is 4.62. The predicted molar refractivity (Wildman–Crippen MR) is 34.4 cm³/mol. The van der Waals surface area contributed by atoms with Crippen molar-refractivity contribution in [1.82, 2.24) is 0 Å². The van der Waals surface area contributed by atoms with E-state index in [2.05, 4.69) is 0 Å². The van der Waals surface area contributed by atoms with Crippen LogP contribution in [-0.4, -0.2) is 0 Å². The van der Waals surface area contributed by atoms with Gasteiger partial charge in [-0.1, -0.05) is 19.9 Å². The number of hydrogen-bond acceptors (Lipinski definition) is 0. The highest BCUT2D eigenvalue weighted by atomic mass is 19.1. The Morgan fingerprint density at radius 3 is 2.50 bits per heavy atom. The lowest BCUT2D eigenvalue weighted by atomic mass is 10.3. The summed E-state index contributed by atoms with van der Waals surface area (Å²) in [6.07, 6.45) is 3.95. The summed E-state index contributed by atoms with van der Waals surface area (Å²) in [5, 5.41) is 0. The van der Waals surface area contributed by atoms with Crippen molar-refractivity contribution in [2.45, 2.75) is 33.1 Å². The van der Waals surface area contributed by atoms with Crippen molar-refractivity contribution in [2.24, 2.45) is 0 Å². The molecule has 0 aliphatic carbocycles. The molecule has 0 spiro atoms. The van der Waals surface area contributed by atoms with Crippen LogP contribution in [0.25, 0.3) is 0 Å². The van der Waals surface area contributed by atoms with Crippen molar-refractivity contribution >= 4 is 0 Å². The standard InChI is InChI=1S/C7H13F/c1-3-5-7(8)6-4-2/h5H,3-4,6H2,1-2H3/b7-5+. The van der Waals surface area contributed by atoms with Gasteiger partial charge in [0.1, 0.15) is 0 Å². The van der Waals surface area contributed by atoms with Crippen LogP contribution in [0, 0.1) is 0 Å². The highest BCUT2D eigenvalue weighted by Crippen LogP contribution is 2.05. The number of rotatable bonds is 3. The summed E-state index contributed by atoms with van der Waals surface area (Å²) >= 11 is 0. The lowest BCUT2D eigenvalue weighted by Crippen LogP contribution is -1.70. The van der Waals surface area contributed by atoms with E-state index in [1.54, 1.807) is 6.08 Å². The van der Waals surface area contributed by atoms with Crippen LogP contribution < -0.4 is 0 Å². The highest BCUT2D eigenvalue weighted by molar-refractivity contribution is 4.89. The molecule has 0 fully saturated rings. The molecular formula is C7H13F. The maximum Gasteiger partial charge on any atom is 0.0959 e. The Hall–Kier alpha value is -0.330. The van der Waals surface area contributed by atoms with Crippen molar-refractivity contribution in [1.29, 1.82) is 0 Å². The van der Waals surface area contributed by atoms with Gasteiger partial charge in [0.2, 0.25) is 0 Å². The molecule has 0 bridgehead atoms. The molecule has 1 heteroatoms. The van der Waals surface area contributed by atoms with Gasteiger partial charge in [-0.05, 0) is 19.3 Å². The molecule has 0 aromatic rings. The van der Waals surface area contributed by atoms with Gasteiger partial charge in [0.05, 0.1) is 5.83 Å². The average molecular weight is 116 g/mol. The molecule has 0 radical (unpaired) electrons. The van der Waals surface area contributed by atoms with Gasteiger partial charge in [-0.25, -0.2) is 4.39 Å². The van der Waals surface area contributed by atoms with Gasteiger partial charge in [0, 0.05) is 0 Å². The minimum Gasteiger partial charge on any atom is -0.212 e. The third kappa shape index (κ3) is 3.85. The lowest BCUT2D eigenvalue weighted by Gasteiger charge is -1.88. The van der Waals surface area contributed by atoms with E-state index in [0.29, 0.717) is 6.42 Å². The molecular weight excluding hydrogens is 103 g/mol. The second kappa shape index (κ2) is 4.82. The quantitative estimate of drug-likeness (QED) is 0.531. The van der Waals surface area contributed by atoms with Crippen LogP contribution in [0.15, 0.2) is 11.9 Å². The molecule has 8 heavy (non-hydrogen) atoms. The van der Waals surface area contributed by atoms with Gasteiger partial charge >= 0.3 is 0 Å². The fraction of sp³-hybridized carbons (Fsp3) is 0.714. The molecule has 0 aliphatic rings. The predicted octanol–water partition coefficient (Wildman–Crippen LogP) is 3.05. The zero-order chi connectivity index (χ0) is 6.41. The molecule has 0 unspecified atom stereocenters. The zero-order valence-corrected chi connectivity index (χ0v) is 5.58. The lowest BCUT2D eigenvalue weighted by molar-refractivity contribution is 0.579. The Bertz CT molecular complexity index is 74.5. The SMILES string of the molecule is CC/C=C(/F)CCC. The second-order valence-corrected chi connectivity index (χ2v) is 1.81. The molecule has 0 rings (SSSR count). The van der Waals surface area contributed by atoms with E-state index in [1.807, 2.05) is 13.8 Å². The molecule has 0 aromatic heterocycles. The minimum absolute atomic E-state index is 0.0370. The van der Waals surface area contributed by atoms with Gasteiger partial charge in [0.15, 0.2) is 0 Å². The first kappa shape index (κ1) is 7.67. The summed E-state index contributed by atoms with van der Waals surface area (Å²) in [5.74, 6) is 0.0370. The third-order valence-corrected chi connectivity index (χ3v) is 0.914. The Labute approximate surface area is 50.4 Å². The fourth-order valence-electron chi connectivity index (χ4n) is 0.562. The summed E-state index contributed by atoms with van der Waals surface area (Å²) < 4.78 is 12.3. The molecule has 0 aromatic carbocycles. The van der Waals surface area contributed by atoms with Gasteiger partial charge in [-0.15, -0.1) is 0 Å². The summed E-state index contributed by atoms with van der Waals surface area (Å²) in [6.45, 7) is 3.92. The molecule has 0 nitrogen and oxygen atoms in total. The van der Waals surface area contributed by atoms with Crippen LogP contribution in [0.4, 0.5) is 4.39 Å². The molecule has 0 saturated heterocycles. The molecule has 48 valence electrons. The summed E-state index contributed by atoms with van der Waals surface area (Å²) in [6, 6.07) is 0. The average Bonchev–Trinajstić information content (AvgIpc) is 1.68. The van der Waals surface area contributed by atoms with Gasteiger partial charge in [-0.2, -0.15) is 0 Å². The van der Waals surface area contributed by atoms with E-state index in [9.17, 15) is 4.39 Å². The van der Waals surface area contributed by atoms with Crippen LogP contribution >= 0.6 is 0 Å². The summed E-state index contributed by atoms with van der Waals surface area (Å²) in [7, 11) is 0. The monoisotopic (exact) mass is 116 g/mol. The van der Waals surface area contributed by atoms with E-state index in [-0.39, 0.29) is 5.83 Å². The maximum atomic E-state index is 12.3. The summed E-state index contributed by atoms with van der Waals surface area (Å²) in [5.41, 5.74) is 0. The van der Waals surface area contributed by atoms with Crippen LogP contribution in [-0.2, 0) is 0 Å². The first-order valence-corrected chi connectivity index (χ1v) is 3.15. The van der Waals surface area contributed by atoms with Gasteiger partial charge in [0.25, 0.3) is 0 Å². The minimum atomic E-state index is 0.0370. The smallest absolute Gasteiger partial charge is 0.0959 e. The number of hydrogen-bond donors (Lipinski definition) is 0. The molecule has 0 atom stereocenters. The van der Waals surface area contributed by atoms with Crippen molar-refractivity contribution in [2.75, 3.05) is 0 Å². The first-order valence-electron chi connectivity index (χ1n) is 3.15. The molecule has 0 saturated carbocycles. The van der Waals surface area contributed by atoms with E-state index in [0.717, 1.165) is 12.8 Å². The fourth-order valence-corrected chi connectivity index (χ4v) is 0.562. The third-order valence-electron chi connectivity index (χ3n) is 0.914. The Morgan fingerprint density at radius 1 is 1.50 bits per heavy atom. The Morgan fingerprint density at radius 2 is 2.12 bits per heavy atom. The van der Waals surface area contributed by atoms with Crippen molar-refractivity contribution < 1.29 is 4.39 Å². The first-order chi connectivity index (χ1) is 3.81. The zero-order valence-electron chi connectivity index (χ0n) is 5.58. The number of halogens is 1. The topological polar surface area (TPSA) is 0 Å². The van der Waals surface area contributed by atoms with Crippen LogP contribution in [0.3, 0.4) is 0 Å². The van der Waals surface area contributed by atoms with E-state index < -0.39 is 0 Å². The van der Waals surface area contributed by atoms with Gasteiger partial charge < -0.3 is 0 Å². The summed E-state index contributed by atoms with van der Waals surface area (Å²) in [4.78, 5) is 0. The molecule has 0 amide bonds. The normalized spacial score (nSPS) is 12.1. The van der Waals surface area contributed by atoms with Crippen LogP contribution in [0.2, 0.25) is 0 Å². The largest absolute Gasteiger partial charge is 0.212 e. The number of allylic oxidation sites excluding steroid dienone is 2. The maximum absolute atomic E-state index is 12.3. The van der Waals surface area contributed by atoms with Crippen LogP contribution in [0.1, 0.15) is 33.1 Å². The van der Waals surface area contributed by atoms with Crippen molar-refractivity contribution in [3.63, 3.8) is 0 Å². The van der Waals surface area contributed by atoms with E-state index in [4.69, 9.17) is 0 Å². The van der Waals surface area contributed by atoms with Crippen LogP contribution in [0.5, 0.6) is 0 Å². The van der Waals surface area contributed by atoms with Gasteiger partial charge in [-0.3, -0.25) is 0 Å². The van der Waals surface area contributed by atoms with E-state index in [1.165, 1.54) is 0 Å². The molecule has 0 heterocycles. The molecule has 0 aliphatic heterocycles. The highest BCUT2D eigenvalue weighted by Gasteiger charge is 1.87. The second-order valence-electron chi connectivity index (χ2n) is 1.81. The van der Waals surface area contributed by atoms with E-state index >= 15 is 0 Å². The Balaban J connectivity index is 3.29.